The first kappa shape index (κ1) is 13.7. The summed E-state index contributed by atoms with van der Waals surface area (Å²) in [6.07, 6.45) is 7.42. The smallest absolute Gasteiger partial charge is 0.233 e. The number of thioether (sulfide) groups is 1. The molecule has 5 heteroatoms. The average molecular weight is 269 g/mol. The van der Waals surface area contributed by atoms with Crippen LogP contribution in [0.4, 0.5) is 0 Å². The van der Waals surface area contributed by atoms with Crippen LogP contribution in [-0.2, 0) is 4.79 Å². The molecular formula is C13H23N3OS. The summed E-state index contributed by atoms with van der Waals surface area (Å²) in [5.41, 5.74) is 0. The van der Waals surface area contributed by atoms with Crippen LogP contribution in [-0.4, -0.2) is 35.5 Å². The molecule has 4 nitrogen and oxygen atoms in total. The van der Waals surface area contributed by atoms with Gasteiger partial charge in [0.1, 0.15) is 0 Å². The molecule has 0 aromatic heterocycles. The standard InChI is InChI=1S/C13H23N3OS/c1-10(18-13-14-8-9-15-13)12(17)16-11-6-4-2-3-5-7-11/h10-11H,2-9H2,1H3,(H,14,15)(H,16,17). The Morgan fingerprint density at radius 1 is 1.39 bits per heavy atom. The Morgan fingerprint density at radius 2 is 2.11 bits per heavy atom. The maximum atomic E-state index is 12.1. The van der Waals surface area contributed by atoms with E-state index >= 15 is 0 Å². The molecule has 2 aliphatic rings. The van der Waals surface area contributed by atoms with E-state index in [0.717, 1.165) is 31.1 Å². The number of nitrogens with one attached hydrogen (secondary N) is 2. The normalized spacial score (nSPS) is 22.8. The SMILES string of the molecule is CC(SC1=NCCN1)C(=O)NC1CCCCCC1. The third kappa shape index (κ3) is 4.19. The van der Waals surface area contributed by atoms with Gasteiger partial charge in [-0.25, -0.2) is 0 Å². The lowest BCUT2D eigenvalue weighted by molar-refractivity contribution is -0.121. The van der Waals surface area contributed by atoms with E-state index in [1.807, 2.05) is 6.92 Å². The molecule has 1 aliphatic carbocycles. The van der Waals surface area contributed by atoms with E-state index in [4.69, 9.17) is 0 Å². The fraction of sp³-hybridized carbons (Fsp3) is 0.846. The molecule has 0 aromatic carbocycles. The van der Waals surface area contributed by atoms with Crippen molar-refractivity contribution < 1.29 is 4.79 Å². The second kappa shape index (κ2) is 7.02. The van der Waals surface area contributed by atoms with Gasteiger partial charge < -0.3 is 10.6 Å². The summed E-state index contributed by atoms with van der Waals surface area (Å²) < 4.78 is 0. The molecule has 0 spiro atoms. The highest BCUT2D eigenvalue weighted by Crippen LogP contribution is 2.19. The summed E-state index contributed by atoms with van der Waals surface area (Å²) in [7, 11) is 0. The minimum atomic E-state index is -0.0578. The number of rotatable bonds is 3. The van der Waals surface area contributed by atoms with E-state index in [2.05, 4.69) is 15.6 Å². The molecular weight excluding hydrogens is 246 g/mol. The first-order valence-electron chi connectivity index (χ1n) is 7.01. The van der Waals surface area contributed by atoms with Crippen LogP contribution in [0.1, 0.15) is 45.4 Å². The predicted octanol–water partition coefficient (Wildman–Crippen LogP) is 1.91. The molecule has 2 N–H and O–H groups in total. The van der Waals surface area contributed by atoms with Gasteiger partial charge in [0.05, 0.1) is 11.8 Å². The van der Waals surface area contributed by atoms with Gasteiger partial charge in [-0.1, -0.05) is 37.4 Å². The van der Waals surface area contributed by atoms with Crippen molar-refractivity contribution in [2.24, 2.45) is 4.99 Å². The third-order valence-corrected chi connectivity index (χ3v) is 4.57. The first-order chi connectivity index (χ1) is 8.75. The number of aliphatic imine (C=N–C) groups is 1. The molecule has 1 saturated carbocycles. The van der Waals surface area contributed by atoms with Crippen molar-refractivity contribution >= 4 is 22.8 Å². The van der Waals surface area contributed by atoms with Gasteiger partial charge in [0.25, 0.3) is 0 Å². The van der Waals surface area contributed by atoms with Crippen molar-refractivity contribution in [2.45, 2.75) is 56.7 Å². The highest BCUT2D eigenvalue weighted by atomic mass is 32.2. The zero-order valence-corrected chi connectivity index (χ0v) is 11.9. The van der Waals surface area contributed by atoms with Gasteiger partial charge in [-0.05, 0) is 19.8 Å². The summed E-state index contributed by atoms with van der Waals surface area (Å²) in [5.74, 6) is 0.156. The van der Waals surface area contributed by atoms with Gasteiger partial charge in [0, 0.05) is 12.6 Å². The maximum absolute atomic E-state index is 12.1. The van der Waals surface area contributed by atoms with Crippen LogP contribution in [0.5, 0.6) is 0 Å². The number of hydrogen-bond donors (Lipinski definition) is 2. The van der Waals surface area contributed by atoms with Gasteiger partial charge in [-0.3, -0.25) is 9.79 Å². The Kier molecular flexibility index (Phi) is 5.35. The molecule has 0 bridgehead atoms. The summed E-state index contributed by atoms with van der Waals surface area (Å²) in [5, 5.41) is 7.24. The minimum absolute atomic E-state index is 0.0578. The summed E-state index contributed by atoms with van der Waals surface area (Å²) >= 11 is 1.54. The van der Waals surface area contributed by atoms with Gasteiger partial charge in [0.15, 0.2) is 5.17 Å². The molecule has 18 heavy (non-hydrogen) atoms. The van der Waals surface area contributed by atoms with E-state index in [-0.39, 0.29) is 11.2 Å². The molecule has 1 atom stereocenters. The van der Waals surface area contributed by atoms with Crippen molar-refractivity contribution in [3.63, 3.8) is 0 Å². The quantitative estimate of drug-likeness (QED) is 0.770. The second-order valence-corrected chi connectivity index (χ2v) is 6.40. The lowest BCUT2D eigenvalue weighted by atomic mass is 10.1. The van der Waals surface area contributed by atoms with Crippen LogP contribution in [0.15, 0.2) is 4.99 Å². The number of hydrogen-bond acceptors (Lipinski definition) is 4. The summed E-state index contributed by atoms with van der Waals surface area (Å²) in [6.45, 7) is 3.69. The van der Waals surface area contributed by atoms with E-state index < -0.39 is 0 Å². The first-order valence-corrected chi connectivity index (χ1v) is 7.89. The van der Waals surface area contributed by atoms with Crippen LogP contribution in [0.25, 0.3) is 0 Å². The van der Waals surface area contributed by atoms with Gasteiger partial charge in [-0.15, -0.1) is 0 Å². The van der Waals surface area contributed by atoms with Crippen molar-refractivity contribution in [1.82, 2.24) is 10.6 Å². The van der Waals surface area contributed by atoms with Crippen molar-refractivity contribution in [1.29, 1.82) is 0 Å². The fourth-order valence-corrected chi connectivity index (χ4v) is 3.28. The zero-order chi connectivity index (χ0) is 12.8. The monoisotopic (exact) mass is 269 g/mol. The molecule has 1 unspecified atom stereocenters. The topological polar surface area (TPSA) is 53.5 Å². The Morgan fingerprint density at radius 3 is 2.72 bits per heavy atom. The van der Waals surface area contributed by atoms with Gasteiger partial charge in [-0.2, -0.15) is 0 Å². The minimum Gasteiger partial charge on any atom is -0.363 e. The highest BCUT2D eigenvalue weighted by molar-refractivity contribution is 8.14. The van der Waals surface area contributed by atoms with E-state index in [1.165, 1.54) is 37.4 Å². The van der Waals surface area contributed by atoms with E-state index in [0.29, 0.717) is 6.04 Å². The van der Waals surface area contributed by atoms with Gasteiger partial charge >= 0.3 is 0 Å². The highest BCUT2D eigenvalue weighted by Gasteiger charge is 2.21. The average Bonchev–Trinajstić information content (AvgIpc) is 2.72. The second-order valence-electron chi connectivity index (χ2n) is 5.07. The van der Waals surface area contributed by atoms with E-state index in [1.54, 1.807) is 0 Å². The number of carbonyl (C=O) groups excluding carboxylic acids is 1. The van der Waals surface area contributed by atoms with Crippen LogP contribution in [0.3, 0.4) is 0 Å². The fourth-order valence-electron chi connectivity index (χ4n) is 2.42. The third-order valence-electron chi connectivity index (χ3n) is 3.50. The molecule has 102 valence electrons. The van der Waals surface area contributed by atoms with Crippen LogP contribution in [0, 0.1) is 0 Å². The Hall–Kier alpha value is -0.710. The largest absolute Gasteiger partial charge is 0.363 e. The molecule has 1 aliphatic heterocycles. The molecule has 1 heterocycles. The van der Waals surface area contributed by atoms with Crippen LogP contribution < -0.4 is 10.6 Å². The summed E-state index contributed by atoms with van der Waals surface area (Å²) in [6, 6.07) is 0.390. The Bertz CT molecular complexity index is 311. The number of amides is 1. The van der Waals surface area contributed by atoms with Crippen LogP contribution in [0.2, 0.25) is 0 Å². The molecule has 2 rings (SSSR count). The molecule has 0 aromatic rings. The molecule has 0 saturated heterocycles. The molecule has 1 fully saturated rings. The predicted molar refractivity (Wildman–Crippen MR) is 77.0 cm³/mol. The van der Waals surface area contributed by atoms with Crippen molar-refractivity contribution in [2.75, 3.05) is 13.1 Å². The maximum Gasteiger partial charge on any atom is 0.233 e. The Labute approximate surface area is 113 Å². The zero-order valence-electron chi connectivity index (χ0n) is 11.1. The summed E-state index contributed by atoms with van der Waals surface area (Å²) in [4.78, 5) is 16.4. The number of carbonyl (C=O) groups is 1. The van der Waals surface area contributed by atoms with E-state index in [9.17, 15) is 4.79 Å². The van der Waals surface area contributed by atoms with Gasteiger partial charge in [0.2, 0.25) is 5.91 Å². The lowest BCUT2D eigenvalue weighted by Crippen LogP contribution is -2.39. The van der Waals surface area contributed by atoms with Crippen molar-refractivity contribution in [3.8, 4) is 0 Å². The van der Waals surface area contributed by atoms with Crippen LogP contribution >= 0.6 is 11.8 Å². The number of amidine groups is 1. The Balaban J connectivity index is 1.75. The lowest BCUT2D eigenvalue weighted by Gasteiger charge is -2.19. The van der Waals surface area contributed by atoms with Crippen molar-refractivity contribution in [3.05, 3.63) is 0 Å². The molecule has 0 radical (unpaired) electrons. The number of nitrogens with zero attached hydrogens (tertiary/aromatic N) is 1. The molecule has 1 amide bonds.